The SMILES string of the molecule is C#CCN(Cc1cc2c(=O)n(CCN(C)C)c(CN3CCCCC3)nc2cc1Cl)c1ccc(C(=O)O)c(C(C)(C)C)c1. The standard InChI is InChI=1S/C33H42ClN5O3/c1-7-13-38(24-11-12-25(32(41)42)27(19-24)33(2,3)4)21-23-18-26-29(20-28(23)34)35-30(22-37-14-9-8-10-15-37)39(31(26)40)17-16-36(5)6/h1,11-12,18-20H,8-10,13-17,21-22H2,2-6H3,(H,41,42). The lowest BCUT2D eigenvalue weighted by Crippen LogP contribution is -2.35. The second kappa shape index (κ2) is 13.3. The van der Waals surface area contributed by atoms with E-state index < -0.39 is 5.97 Å². The van der Waals surface area contributed by atoms with E-state index in [1.165, 1.54) is 6.42 Å². The van der Waals surface area contributed by atoms with Gasteiger partial charge in [-0.05, 0) is 86.9 Å². The van der Waals surface area contributed by atoms with Crippen molar-refractivity contribution < 1.29 is 9.90 Å². The molecule has 3 aromatic rings. The van der Waals surface area contributed by atoms with E-state index in [1.807, 2.05) is 56.5 Å². The summed E-state index contributed by atoms with van der Waals surface area (Å²) < 4.78 is 1.81. The summed E-state index contributed by atoms with van der Waals surface area (Å²) in [5, 5.41) is 10.8. The Balaban J connectivity index is 1.76. The van der Waals surface area contributed by atoms with Gasteiger partial charge in [0, 0.05) is 30.3 Å². The zero-order valence-corrected chi connectivity index (χ0v) is 26.2. The smallest absolute Gasteiger partial charge is 0.335 e. The highest BCUT2D eigenvalue weighted by Crippen LogP contribution is 2.32. The van der Waals surface area contributed by atoms with Crippen LogP contribution in [-0.4, -0.2) is 70.7 Å². The molecule has 0 spiro atoms. The van der Waals surface area contributed by atoms with Crippen molar-refractivity contribution in [2.75, 3.05) is 45.2 Å². The monoisotopic (exact) mass is 591 g/mol. The van der Waals surface area contributed by atoms with Crippen molar-refractivity contribution in [3.63, 3.8) is 0 Å². The van der Waals surface area contributed by atoms with Crippen LogP contribution in [0.15, 0.2) is 35.1 Å². The summed E-state index contributed by atoms with van der Waals surface area (Å²) in [6.45, 7) is 10.5. The molecule has 224 valence electrons. The van der Waals surface area contributed by atoms with E-state index in [4.69, 9.17) is 23.0 Å². The number of hydrogen-bond donors (Lipinski definition) is 1. The zero-order valence-electron chi connectivity index (χ0n) is 25.4. The quantitative estimate of drug-likeness (QED) is 0.323. The number of likely N-dealkylation sites (tertiary alicyclic amines) is 1. The predicted octanol–water partition coefficient (Wildman–Crippen LogP) is 5.23. The van der Waals surface area contributed by atoms with E-state index in [9.17, 15) is 14.7 Å². The Morgan fingerprint density at radius 2 is 1.86 bits per heavy atom. The van der Waals surface area contributed by atoms with Gasteiger partial charge in [0.2, 0.25) is 0 Å². The van der Waals surface area contributed by atoms with Gasteiger partial charge in [-0.2, -0.15) is 0 Å². The first-order chi connectivity index (χ1) is 19.9. The molecule has 2 aromatic carbocycles. The highest BCUT2D eigenvalue weighted by atomic mass is 35.5. The first-order valence-corrected chi connectivity index (χ1v) is 14.9. The second-order valence-electron chi connectivity index (χ2n) is 12.4. The first-order valence-electron chi connectivity index (χ1n) is 14.5. The van der Waals surface area contributed by atoms with Gasteiger partial charge in [0.15, 0.2) is 0 Å². The highest BCUT2D eigenvalue weighted by Gasteiger charge is 2.24. The van der Waals surface area contributed by atoms with Crippen LogP contribution < -0.4 is 10.5 Å². The largest absolute Gasteiger partial charge is 0.478 e. The lowest BCUT2D eigenvalue weighted by molar-refractivity contribution is 0.0694. The number of carboxylic acid groups (broad SMARTS) is 1. The van der Waals surface area contributed by atoms with E-state index in [0.29, 0.717) is 41.1 Å². The lowest BCUT2D eigenvalue weighted by atomic mass is 9.83. The Kier molecular flexibility index (Phi) is 9.98. The van der Waals surface area contributed by atoms with Crippen molar-refractivity contribution >= 4 is 34.2 Å². The molecule has 1 aromatic heterocycles. The van der Waals surface area contributed by atoms with Gasteiger partial charge < -0.3 is 14.9 Å². The summed E-state index contributed by atoms with van der Waals surface area (Å²) in [6.07, 6.45) is 9.32. The molecule has 1 aliphatic heterocycles. The van der Waals surface area contributed by atoms with Crippen LogP contribution in [0.3, 0.4) is 0 Å². The predicted molar refractivity (Wildman–Crippen MR) is 171 cm³/mol. The van der Waals surface area contributed by atoms with Crippen molar-refractivity contribution in [3.05, 3.63) is 68.2 Å². The molecule has 1 saturated heterocycles. The molecule has 0 bridgehead atoms. The molecule has 42 heavy (non-hydrogen) atoms. The van der Waals surface area contributed by atoms with Crippen LogP contribution in [0.1, 0.15) is 67.3 Å². The Hall–Kier alpha value is -3.38. The summed E-state index contributed by atoms with van der Waals surface area (Å²) in [6, 6.07) is 8.91. The maximum Gasteiger partial charge on any atom is 0.335 e. The van der Waals surface area contributed by atoms with Gasteiger partial charge in [-0.3, -0.25) is 14.3 Å². The average Bonchev–Trinajstić information content (AvgIpc) is 2.93. The van der Waals surface area contributed by atoms with Crippen LogP contribution in [0.2, 0.25) is 5.02 Å². The number of carbonyl (C=O) groups is 1. The van der Waals surface area contributed by atoms with Gasteiger partial charge in [0.05, 0.1) is 29.6 Å². The zero-order chi connectivity index (χ0) is 30.6. The fourth-order valence-corrected chi connectivity index (χ4v) is 5.73. The molecule has 1 N–H and O–H groups in total. The fourth-order valence-electron chi connectivity index (χ4n) is 5.51. The van der Waals surface area contributed by atoms with Gasteiger partial charge in [-0.15, -0.1) is 6.42 Å². The number of anilines is 1. The van der Waals surface area contributed by atoms with E-state index >= 15 is 0 Å². The number of nitrogens with zero attached hydrogens (tertiary/aromatic N) is 5. The number of hydrogen-bond acceptors (Lipinski definition) is 6. The number of terminal acetylenes is 1. The number of likely N-dealkylation sites (N-methyl/N-ethyl adjacent to an activating group) is 1. The third kappa shape index (κ3) is 7.33. The van der Waals surface area contributed by atoms with Crippen molar-refractivity contribution in [3.8, 4) is 12.3 Å². The Morgan fingerprint density at radius 3 is 2.48 bits per heavy atom. The molecule has 0 amide bonds. The summed E-state index contributed by atoms with van der Waals surface area (Å²) in [5.74, 6) is 2.51. The van der Waals surface area contributed by atoms with Crippen LogP contribution in [-0.2, 0) is 25.0 Å². The molecular weight excluding hydrogens is 550 g/mol. The van der Waals surface area contributed by atoms with Crippen molar-refractivity contribution in [2.24, 2.45) is 0 Å². The summed E-state index contributed by atoms with van der Waals surface area (Å²) >= 11 is 6.82. The van der Waals surface area contributed by atoms with Crippen molar-refractivity contribution in [1.29, 1.82) is 0 Å². The number of aromatic carboxylic acids is 1. The van der Waals surface area contributed by atoms with E-state index in [2.05, 4.69) is 15.7 Å². The molecule has 1 fully saturated rings. The maximum absolute atomic E-state index is 13.9. The molecular formula is C33H42ClN5O3. The van der Waals surface area contributed by atoms with Crippen LogP contribution in [0, 0.1) is 12.3 Å². The molecule has 0 aliphatic carbocycles. The van der Waals surface area contributed by atoms with Gasteiger partial charge in [0.25, 0.3) is 5.56 Å². The number of aromatic nitrogens is 2. The molecule has 4 rings (SSSR count). The normalized spacial score (nSPS) is 14.3. The molecule has 0 unspecified atom stereocenters. The number of rotatable bonds is 10. The van der Waals surface area contributed by atoms with E-state index in [1.54, 1.807) is 18.2 Å². The van der Waals surface area contributed by atoms with Gasteiger partial charge in [0.1, 0.15) is 5.82 Å². The van der Waals surface area contributed by atoms with Crippen molar-refractivity contribution in [1.82, 2.24) is 19.4 Å². The minimum absolute atomic E-state index is 0.0731. The van der Waals surface area contributed by atoms with Crippen LogP contribution in [0.4, 0.5) is 5.69 Å². The minimum Gasteiger partial charge on any atom is -0.478 e. The highest BCUT2D eigenvalue weighted by molar-refractivity contribution is 6.32. The van der Waals surface area contributed by atoms with Crippen LogP contribution in [0.5, 0.6) is 0 Å². The molecule has 2 heterocycles. The summed E-state index contributed by atoms with van der Waals surface area (Å²) in [7, 11) is 3.99. The van der Waals surface area contributed by atoms with Gasteiger partial charge in [-0.25, -0.2) is 9.78 Å². The number of halogens is 1. The number of carboxylic acids is 1. The molecule has 0 radical (unpaired) electrons. The van der Waals surface area contributed by atoms with Crippen LogP contribution in [0.25, 0.3) is 10.9 Å². The third-order valence-electron chi connectivity index (χ3n) is 7.84. The third-order valence-corrected chi connectivity index (χ3v) is 8.19. The van der Waals surface area contributed by atoms with E-state index in [-0.39, 0.29) is 23.1 Å². The Labute approximate surface area is 253 Å². The first kappa shape index (κ1) is 31.6. The average molecular weight is 592 g/mol. The molecule has 0 atom stereocenters. The molecule has 1 aliphatic rings. The Morgan fingerprint density at radius 1 is 1.14 bits per heavy atom. The summed E-state index contributed by atoms with van der Waals surface area (Å²) in [4.78, 5) is 37.2. The topological polar surface area (TPSA) is 81.9 Å². The van der Waals surface area contributed by atoms with Gasteiger partial charge >= 0.3 is 5.97 Å². The minimum atomic E-state index is -0.967. The summed E-state index contributed by atoms with van der Waals surface area (Å²) in [5.41, 5.74) is 2.65. The van der Waals surface area contributed by atoms with Gasteiger partial charge in [-0.1, -0.05) is 44.7 Å². The Bertz CT molecular complexity index is 1540. The number of fused-ring (bicyclic) bond motifs is 1. The molecule has 0 saturated carbocycles. The second-order valence-corrected chi connectivity index (χ2v) is 12.8. The fraction of sp³-hybridized carbons (Fsp3) is 0.485. The van der Waals surface area contributed by atoms with E-state index in [0.717, 1.165) is 49.6 Å². The van der Waals surface area contributed by atoms with Crippen LogP contribution >= 0.6 is 11.6 Å². The number of piperidine rings is 1. The maximum atomic E-state index is 13.9. The lowest BCUT2D eigenvalue weighted by Gasteiger charge is -2.28. The molecule has 8 nitrogen and oxygen atoms in total. The van der Waals surface area contributed by atoms with Crippen molar-refractivity contribution in [2.45, 2.75) is 65.1 Å². The molecule has 9 heteroatoms. The number of benzene rings is 2.